The van der Waals surface area contributed by atoms with Crippen molar-refractivity contribution in [3.63, 3.8) is 0 Å². The normalized spacial score (nSPS) is 10.6. The first kappa shape index (κ1) is 21.0. The molecule has 0 saturated carbocycles. The Kier molecular flexibility index (Phi) is 10.1. The largest absolute Gasteiger partial charge is 0.457 e. The van der Waals surface area contributed by atoms with Crippen molar-refractivity contribution in [2.24, 2.45) is 0 Å². The second-order valence-electron chi connectivity index (χ2n) is 7.07. The summed E-state index contributed by atoms with van der Waals surface area (Å²) in [4.78, 5) is 12.1. The summed E-state index contributed by atoms with van der Waals surface area (Å²) in [5.74, 6) is 1.66. The van der Waals surface area contributed by atoms with E-state index in [2.05, 4.69) is 12.2 Å². The number of amides is 1. The zero-order valence-electron chi connectivity index (χ0n) is 16.6. The maximum Gasteiger partial charge on any atom is 0.224 e. The second kappa shape index (κ2) is 13.0. The van der Waals surface area contributed by atoms with Gasteiger partial charge in [0, 0.05) is 12.1 Å². The summed E-state index contributed by atoms with van der Waals surface area (Å²) in [6.45, 7) is 2.25. The predicted molar refractivity (Wildman–Crippen MR) is 113 cm³/mol. The summed E-state index contributed by atoms with van der Waals surface area (Å²) in [7, 11) is 0. The molecule has 0 bridgehead atoms. The highest BCUT2D eigenvalue weighted by Crippen LogP contribution is 2.22. The SMILES string of the molecule is CCCCCCCCCCCC(=O)Nc1ccc(Oc2ccccc2)cc1. The molecule has 0 fully saturated rings. The summed E-state index contributed by atoms with van der Waals surface area (Å²) in [6, 6.07) is 17.2. The summed E-state index contributed by atoms with van der Waals surface area (Å²) in [6.07, 6.45) is 12.0. The van der Waals surface area contributed by atoms with Crippen molar-refractivity contribution in [3.05, 3.63) is 54.6 Å². The molecule has 146 valence electrons. The van der Waals surface area contributed by atoms with E-state index < -0.39 is 0 Å². The predicted octanol–water partition coefficient (Wildman–Crippen LogP) is 7.34. The minimum absolute atomic E-state index is 0.0923. The van der Waals surface area contributed by atoms with Crippen LogP contribution >= 0.6 is 0 Å². The number of benzene rings is 2. The van der Waals surface area contributed by atoms with E-state index in [0.717, 1.165) is 30.0 Å². The first-order chi connectivity index (χ1) is 13.3. The van der Waals surface area contributed by atoms with E-state index in [-0.39, 0.29) is 5.91 Å². The van der Waals surface area contributed by atoms with Gasteiger partial charge in [0.2, 0.25) is 5.91 Å². The molecule has 0 heterocycles. The molecule has 0 aliphatic rings. The van der Waals surface area contributed by atoms with E-state index in [1.165, 1.54) is 44.9 Å². The van der Waals surface area contributed by atoms with Crippen molar-refractivity contribution in [2.45, 2.75) is 71.1 Å². The summed E-state index contributed by atoms with van der Waals surface area (Å²) >= 11 is 0. The lowest BCUT2D eigenvalue weighted by molar-refractivity contribution is -0.116. The van der Waals surface area contributed by atoms with Gasteiger partial charge in [0.25, 0.3) is 0 Å². The summed E-state index contributed by atoms with van der Waals surface area (Å²) in [5, 5.41) is 2.96. The molecule has 0 saturated heterocycles. The molecular formula is C24H33NO2. The number of hydrogen-bond acceptors (Lipinski definition) is 2. The van der Waals surface area contributed by atoms with Gasteiger partial charge in [-0.1, -0.05) is 76.5 Å². The van der Waals surface area contributed by atoms with Crippen LogP contribution in [0.25, 0.3) is 0 Å². The maximum atomic E-state index is 12.1. The smallest absolute Gasteiger partial charge is 0.224 e. The second-order valence-corrected chi connectivity index (χ2v) is 7.07. The summed E-state index contributed by atoms with van der Waals surface area (Å²) in [5.41, 5.74) is 0.816. The lowest BCUT2D eigenvalue weighted by atomic mass is 10.1. The van der Waals surface area contributed by atoms with Gasteiger partial charge in [0.1, 0.15) is 11.5 Å². The molecule has 27 heavy (non-hydrogen) atoms. The van der Waals surface area contributed by atoms with Crippen LogP contribution in [0.3, 0.4) is 0 Å². The number of para-hydroxylation sites is 1. The maximum absolute atomic E-state index is 12.1. The fourth-order valence-electron chi connectivity index (χ4n) is 3.05. The number of anilines is 1. The van der Waals surface area contributed by atoms with E-state index in [9.17, 15) is 4.79 Å². The van der Waals surface area contributed by atoms with Gasteiger partial charge < -0.3 is 10.1 Å². The number of rotatable bonds is 13. The highest BCUT2D eigenvalue weighted by Gasteiger charge is 2.03. The standard InChI is InChI=1S/C24H33NO2/c1-2-3-4-5-6-7-8-9-13-16-24(26)25-21-17-19-23(20-18-21)27-22-14-11-10-12-15-22/h10-12,14-15,17-20H,2-9,13,16H2,1H3,(H,25,26). The van der Waals surface area contributed by atoms with Gasteiger partial charge in [-0.25, -0.2) is 0 Å². The van der Waals surface area contributed by atoms with Gasteiger partial charge in [-0.2, -0.15) is 0 Å². The lowest BCUT2D eigenvalue weighted by Crippen LogP contribution is -2.10. The van der Waals surface area contributed by atoms with Crippen LogP contribution in [0.2, 0.25) is 0 Å². The van der Waals surface area contributed by atoms with Crippen LogP contribution in [-0.2, 0) is 4.79 Å². The van der Waals surface area contributed by atoms with Crippen molar-refractivity contribution in [2.75, 3.05) is 5.32 Å². The summed E-state index contributed by atoms with van der Waals surface area (Å²) < 4.78 is 5.76. The molecule has 0 aliphatic heterocycles. The van der Waals surface area contributed by atoms with Gasteiger partial charge in [-0.3, -0.25) is 4.79 Å². The monoisotopic (exact) mass is 367 g/mol. The Hall–Kier alpha value is -2.29. The van der Waals surface area contributed by atoms with E-state index in [1.807, 2.05) is 54.6 Å². The zero-order chi connectivity index (χ0) is 19.2. The zero-order valence-corrected chi connectivity index (χ0v) is 16.6. The fraction of sp³-hybridized carbons (Fsp3) is 0.458. The number of carbonyl (C=O) groups is 1. The number of hydrogen-bond donors (Lipinski definition) is 1. The minimum atomic E-state index is 0.0923. The molecule has 2 aromatic rings. The van der Waals surface area contributed by atoms with Crippen molar-refractivity contribution in [1.82, 2.24) is 0 Å². The Morgan fingerprint density at radius 3 is 1.93 bits per heavy atom. The van der Waals surface area contributed by atoms with Crippen LogP contribution in [0, 0.1) is 0 Å². The van der Waals surface area contributed by atoms with Crippen molar-refractivity contribution < 1.29 is 9.53 Å². The number of carbonyl (C=O) groups excluding carboxylic acids is 1. The highest BCUT2D eigenvalue weighted by molar-refractivity contribution is 5.90. The minimum Gasteiger partial charge on any atom is -0.457 e. The molecule has 3 nitrogen and oxygen atoms in total. The molecule has 1 N–H and O–H groups in total. The Labute approximate surface area is 164 Å². The number of nitrogens with one attached hydrogen (secondary N) is 1. The van der Waals surface area contributed by atoms with E-state index >= 15 is 0 Å². The molecule has 0 spiro atoms. The Balaban J connectivity index is 1.57. The molecule has 0 radical (unpaired) electrons. The molecule has 2 aromatic carbocycles. The fourth-order valence-corrected chi connectivity index (χ4v) is 3.05. The van der Waals surface area contributed by atoms with Crippen molar-refractivity contribution in [3.8, 4) is 11.5 Å². The number of ether oxygens (including phenoxy) is 1. The molecule has 1 amide bonds. The van der Waals surface area contributed by atoms with Crippen LogP contribution in [0.15, 0.2) is 54.6 Å². The average Bonchev–Trinajstić information content (AvgIpc) is 2.69. The Morgan fingerprint density at radius 1 is 0.741 bits per heavy atom. The van der Waals surface area contributed by atoms with Crippen molar-refractivity contribution in [1.29, 1.82) is 0 Å². The average molecular weight is 368 g/mol. The van der Waals surface area contributed by atoms with Gasteiger partial charge in [-0.15, -0.1) is 0 Å². The van der Waals surface area contributed by atoms with Crippen LogP contribution in [-0.4, -0.2) is 5.91 Å². The van der Waals surface area contributed by atoms with Gasteiger partial charge >= 0.3 is 0 Å². The molecule has 0 unspecified atom stereocenters. The van der Waals surface area contributed by atoms with E-state index in [1.54, 1.807) is 0 Å². The Bertz CT molecular complexity index is 637. The van der Waals surface area contributed by atoms with Crippen molar-refractivity contribution >= 4 is 11.6 Å². The highest BCUT2D eigenvalue weighted by atomic mass is 16.5. The lowest BCUT2D eigenvalue weighted by Gasteiger charge is -2.08. The van der Waals surface area contributed by atoms with Gasteiger partial charge in [0.05, 0.1) is 0 Å². The number of unbranched alkanes of at least 4 members (excludes halogenated alkanes) is 8. The first-order valence-corrected chi connectivity index (χ1v) is 10.4. The molecule has 3 heteroatoms. The quantitative estimate of drug-likeness (QED) is 0.376. The molecule has 0 aromatic heterocycles. The van der Waals surface area contributed by atoms with E-state index in [4.69, 9.17) is 4.74 Å². The third kappa shape index (κ3) is 9.28. The first-order valence-electron chi connectivity index (χ1n) is 10.4. The van der Waals surface area contributed by atoms with Gasteiger partial charge in [0.15, 0.2) is 0 Å². The van der Waals surface area contributed by atoms with Crippen LogP contribution in [0.1, 0.15) is 71.1 Å². The molecular weight excluding hydrogens is 334 g/mol. The van der Waals surface area contributed by atoms with Crippen LogP contribution in [0.5, 0.6) is 11.5 Å². The van der Waals surface area contributed by atoms with Crippen LogP contribution in [0.4, 0.5) is 5.69 Å². The molecule has 2 rings (SSSR count). The van der Waals surface area contributed by atoms with E-state index in [0.29, 0.717) is 6.42 Å². The van der Waals surface area contributed by atoms with Crippen LogP contribution < -0.4 is 10.1 Å². The molecule has 0 aliphatic carbocycles. The third-order valence-electron chi connectivity index (χ3n) is 4.62. The van der Waals surface area contributed by atoms with Gasteiger partial charge in [-0.05, 0) is 42.8 Å². The topological polar surface area (TPSA) is 38.3 Å². The Morgan fingerprint density at radius 2 is 1.30 bits per heavy atom. The molecule has 0 atom stereocenters. The third-order valence-corrected chi connectivity index (χ3v) is 4.62.